The Balaban J connectivity index is 2.56. The van der Waals surface area contributed by atoms with E-state index >= 15 is 0 Å². The third-order valence-corrected chi connectivity index (χ3v) is 2.30. The van der Waals surface area contributed by atoms with Crippen LogP contribution in [0.4, 0.5) is 0 Å². The Bertz CT molecular complexity index is 288. The van der Waals surface area contributed by atoms with Crippen molar-refractivity contribution in [3.8, 4) is 0 Å². The molecule has 0 bridgehead atoms. The Morgan fingerprint density at radius 3 is 2.71 bits per heavy atom. The minimum atomic E-state index is -0.323. The first-order valence-electron chi connectivity index (χ1n) is 4.76. The van der Waals surface area contributed by atoms with Gasteiger partial charge in [-0.15, -0.1) is 0 Å². The standard InChI is InChI=1S/C11H16ClNO/c1-8(14)7-13-9(2)10-4-3-5-11(12)6-10/h3-6,8-9,13-14H,7H2,1-2H3/t8?,9-/m1/s1. The summed E-state index contributed by atoms with van der Waals surface area (Å²) >= 11 is 5.87. The van der Waals surface area contributed by atoms with E-state index in [1.165, 1.54) is 0 Å². The molecule has 2 atom stereocenters. The third-order valence-electron chi connectivity index (χ3n) is 2.07. The van der Waals surface area contributed by atoms with Crippen LogP contribution in [-0.4, -0.2) is 17.8 Å². The topological polar surface area (TPSA) is 32.3 Å². The highest BCUT2D eigenvalue weighted by molar-refractivity contribution is 6.30. The number of aliphatic hydroxyl groups excluding tert-OH is 1. The first-order chi connectivity index (χ1) is 6.59. The average Bonchev–Trinajstić information content (AvgIpc) is 2.14. The molecule has 0 amide bonds. The summed E-state index contributed by atoms with van der Waals surface area (Å²) in [5, 5.41) is 13.1. The summed E-state index contributed by atoms with van der Waals surface area (Å²) in [4.78, 5) is 0. The van der Waals surface area contributed by atoms with Gasteiger partial charge in [-0.1, -0.05) is 23.7 Å². The molecule has 1 aromatic carbocycles. The van der Waals surface area contributed by atoms with Gasteiger partial charge in [-0.05, 0) is 31.5 Å². The molecule has 1 aromatic rings. The van der Waals surface area contributed by atoms with Crippen molar-refractivity contribution < 1.29 is 5.11 Å². The van der Waals surface area contributed by atoms with Gasteiger partial charge in [0.2, 0.25) is 0 Å². The van der Waals surface area contributed by atoms with Crippen LogP contribution in [0.5, 0.6) is 0 Å². The second-order valence-electron chi connectivity index (χ2n) is 3.53. The van der Waals surface area contributed by atoms with Crippen molar-refractivity contribution in [2.75, 3.05) is 6.54 Å². The SMILES string of the molecule is CC(O)CN[C@H](C)c1cccc(Cl)c1. The third kappa shape index (κ3) is 3.66. The predicted octanol–water partition coefficient (Wildman–Crippen LogP) is 2.37. The second-order valence-corrected chi connectivity index (χ2v) is 3.97. The first kappa shape index (κ1) is 11.5. The monoisotopic (exact) mass is 213 g/mol. The molecular weight excluding hydrogens is 198 g/mol. The van der Waals surface area contributed by atoms with E-state index in [0.717, 1.165) is 10.6 Å². The van der Waals surface area contributed by atoms with E-state index in [1.807, 2.05) is 31.2 Å². The van der Waals surface area contributed by atoms with Gasteiger partial charge in [-0.2, -0.15) is 0 Å². The molecule has 2 nitrogen and oxygen atoms in total. The molecular formula is C11H16ClNO. The van der Waals surface area contributed by atoms with Crippen molar-refractivity contribution in [1.29, 1.82) is 0 Å². The average molecular weight is 214 g/mol. The molecule has 14 heavy (non-hydrogen) atoms. The van der Waals surface area contributed by atoms with Gasteiger partial charge in [0.25, 0.3) is 0 Å². The van der Waals surface area contributed by atoms with Crippen molar-refractivity contribution in [3.63, 3.8) is 0 Å². The molecule has 0 radical (unpaired) electrons. The van der Waals surface area contributed by atoms with Crippen LogP contribution in [-0.2, 0) is 0 Å². The molecule has 0 aromatic heterocycles. The van der Waals surface area contributed by atoms with E-state index in [1.54, 1.807) is 6.92 Å². The van der Waals surface area contributed by atoms with Crippen LogP contribution in [0, 0.1) is 0 Å². The van der Waals surface area contributed by atoms with E-state index in [4.69, 9.17) is 16.7 Å². The molecule has 3 heteroatoms. The van der Waals surface area contributed by atoms with Gasteiger partial charge in [0.05, 0.1) is 6.10 Å². The molecule has 0 aliphatic rings. The summed E-state index contributed by atoms with van der Waals surface area (Å²) in [6.07, 6.45) is -0.323. The lowest BCUT2D eigenvalue weighted by Crippen LogP contribution is -2.27. The molecule has 1 unspecified atom stereocenters. The molecule has 0 aliphatic carbocycles. The Kier molecular flexibility index (Phi) is 4.39. The van der Waals surface area contributed by atoms with Gasteiger partial charge in [-0.25, -0.2) is 0 Å². The summed E-state index contributed by atoms with van der Waals surface area (Å²) in [5.41, 5.74) is 1.14. The quantitative estimate of drug-likeness (QED) is 0.805. The Morgan fingerprint density at radius 2 is 2.14 bits per heavy atom. The Hall–Kier alpha value is -0.570. The highest BCUT2D eigenvalue weighted by Gasteiger charge is 2.05. The first-order valence-corrected chi connectivity index (χ1v) is 5.14. The van der Waals surface area contributed by atoms with Crippen molar-refractivity contribution in [3.05, 3.63) is 34.9 Å². The number of halogens is 1. The van der Waals surface area contributed by atoms with Crippen molar-refractivity contribution in [1.82, 2.24) is 5.32 Å². The molecule has 0 fully saturated rings. The van der Waals surface area contributed by atoms with Gasteiger partial charge < -0.3 is 10.4 Å². The van der Waals surface area contributed by atoms with Crippen LogP contribution >= 0.6 is 11.6 Å². The fourth-order valence-corrected chi connectivity index (χ4v) is 1.44. The van der Waals surface area contributed by atoms with Crippen molar-refractivity contribution in [2.24, 2.45) is 0 Å². The summed E-state index contributed by atoms with van der Waals surface area (Å²) in [5.74, 6) is 0. The van der Waals surface area contributed by atoms with E-state index < -0.39 is 0 Å². The molecule has 0 heterocycles. The molecule has 78 valence electrons. The van der Waals surface area contributed by atoms with Crippen LogP contribution in [0.15, 0.2) is 24.3 Å². The minimum absolute atomic E-state index is 0.211. The van der Waals surface area contributed by atoms with Gasteiger partial charge in [0.15, 0.2) is 0 Å². The zero-order valence-corrected chi connectivity index (χ0v) is 9.25. The largest absolute Gasteiger partial charge is 0.392 e. The van der Waals surface area contributed by atoms with Crippen LogP contribution in [0.2, 0.25) is 5.02 Å². The number of rotatable bonds is 4. The molecule has 0 spiro atoms. The van der Waals surface area contributed by atoms with Gasteiger partial charge >= 0.3 is 0 Å². The highest BCUT2D eigenvalue weighted by Crippen LogP contribution is 2.16. The summed E-state index contributed by atoms with van der Waals surface area (Å²) in [7, 11) is 0. The smallest absolute Gasteiger partial charge is 0.0636 e. The number of benzene rings is 1. The van der Waals surface area contributed by atoms with Gasteiger partial charge in [0.1, 0.15) is 0 Å². The summed E-state index contributed by atoms with van der Waals surface area (Å²) < 4.78 is 0. The predicted molar refractivity (Wildman–Crippen MR) is 59.6 cm³/mol. The van der Waals surface area contributed by atoms with E-state index in [9.17, 15) is 0 Å². The number of aliphatic hydroxyl groups is 1. The lowest BCUT2D eigenvalue weighted by atomic mass is 10.1. The van der Waals surface area contributed by atoms with Crippen LogP contribution in [0.25, 0.3) is 0 Å². The maximum atomic E-state index is 9.11. The number of hydrogen-bond donors (Lipinski definition) is 2. The lowest BCUT2D eigenvalue weighted by molar-refractivity contribution is 0.187. The van der Waals surface area contributed by atoms with E-state index in [-0.39, 0.29) is 12.1 Å². The summed E-state index contributed by atoms with van der Waals surface area (Å²) in [6, 6.07) is 7.95. The fourth-order valence-electron chi connectivity index (χ4n) is 1.24. The fraction of sp³-hybridized carbons (Fsp3) is 0.455. The molecule has 0 saturated carbocycles. The Morgan fingerprint density at radius 1 is 1.43 bits per heavy atom. The summed E-state index contributed by atoms with van der Waals surface area (Å²) in [6.45, 7) is 4.40. The highest BCUT2D eigenvalue weighted by atomic mass is 35.5. The van der Waals surface area contributed by atoms with Crippen LogP contribution in [0.1, 0.15) is 25.5 Å². The molecule has 2 N–H and O–H groups in total. The van der Waals surface area contributed by atoms with E-state index in [2.05, 4.69) is 5.32 Å². The minimum Gasteiger partial charge on any atom is -0.392 e. The van der Waals surface area contributed by atoms with E-state index in [0.29, 0.717) is 6.54 Å². The van der Waals surface area contributed by atoms with Gasteiger partial charge in [0, 0.05) is 17.6 Å². The molecule has 0 saturated heterocycles. The van der Waals surface area contributed by atoms with Crippen molar-refractivity contribution in [2.45, 2.75) is 26.0 Å². The maximum Gasteiger partial charge on any atom is 0.0636 e. The molecule has 1 rings (SSSR count). The maximum absolute atomic E-state index is 9.11. The molecule has 0 aliphatic heterocycles. The van der Waals surface area contributed by atoms with Crippen LogP contribution < -0.4 is 5.32 Å². The number of nitrogens with one attached hydrogen (secondary N) is 1. The van der Waals surface area contributed by atoms with Crippen LogP contribution in [0.3, 0.4) is 0 Å². The zero-order chi connectivity index (χ0) is 10.6. The zero-order valence-electron chi connectivity index (χ0n) is 8.50. The second kappa shape index (κ2) is 5.35. The Labute approximate surface area is 89.9 Å². The van der Waals surface area contributed by atoms with Gasteiger partial charge in [-0.3, -0.25) is 0 Å². The number of hydrogen-bond acceptors (Lipinski definition) is 2. The van der Waals surface area contributed by atoms with Crippen molar-refractivity contribution >= 4 is 11.6 Å². The lowest BCUT2D eigenvalue weighted by Gasteiger charge is -2.15. The normalized spacial score (nSPS) is 15.1.